The number of nitrogens with zero attached hydrogens (tertiary/aromatic N) is 3. The zero-order valence-corrected chi connectivity index (χ0v) is 19.7. The van der Waals surface area contributed by atoms with E-state index in [2.05, 4.69) is 41.5 Å². The van der Waals surface area contributed by atoms with Gasteiger partial charge in [0, 0.05) is 17.2 Å². The van der Waals surface area contributed by atoms with Gasteiger partial charge in [0.2, 0.25) is 5.91 Å². The first-order valence-corrected chi connectivity index (χ1v) is 11.2. The van der Waals surface area contributed by atoms with Crippen molar-refractivity contribution in [2.45, 2.75) is 11.7 Å². The number of nitrogens with one attached hydrogen (secondary N) is 2. The van der Waals surface area contributed by atoms with E-state index >= 15 is 0 Å². The summed E-state index contributed by atoms with van der Waals surface area (Å²) in [6.07, 6.45) is 0. The molecule has 0 radical (unpaired) electrons. The van der Waals surface area contributed by atoms with Crippen molar-refractivity contribution in [1.29, 1.82) is 0 Å². The fourth-order valence-corrected chi connectivity index (χ4v) is 3.85. The highest BCUT2D eigenvalue weighted by atomic mass is 79.9. The van der Waals surface area contributed by atoms with Crippen molar-refractivity contribution in [1.82, 2.24) is 20.1 Å². The van der Waals surface area contributed by atoms with Crippen LogP contribution >= 0.6 is 27.7 Å². The molecule has 0 unspecified atom stereocenters. The minimum Gasteiger partial charge on any atom is -0.465 e. The molecule has 9 nitrogen and oxygen atoms in total. The number of hydrogen-bond acceptors (Lipinski definition) is 7. The third-order valence-corrected chi connectivity index (χ3v) is 6.08. The molecule has 0 atom stereocenters. The number of ether oxygens (including phenoxy) is 1. The summed E-state index contributed by atoms with van der Waals surface area (Å²) in [6.45, 7) is 0.197. The first kappa shape index (κ1) is 23.5. The topological polar surface area (TPSA) is 115 Å². The fourth-order valence-electron chi connectivity index (χ4n) is 2.66. The zero-order valence-electron chi connectivity index (χ0n) is 17.3. The minimum atomic E-state index is -0.441. The Bertz CT molecular complexity index is 1130. The van der Waals surface area contributed by atoms with Gasteiger partial charge >= 0.3 is 5.97 Å². The van der Waals surface area contributed by atoms with Crippen molar-refractivity contribution in [2.24, 2.45) is 7.05 Å². The van der Waals surface area contributed by atoms with E-state index in [4.69, 9.17) is 0 Å². The number of esters is 1. The number of hydrogen-bond donors (Lipinski definition) is 2. The molecule has 1 heterocycles. The smallest absolute Gasteiger partial charge is 0.337 e. The summed E-state index contributed by atoms with van der Waals surface area (Å²) in [5.41, 5.74) is 1.50. The second-order valence-corrected chi connectivity index (χ2v) is 8.32. The number of thioether (sulfide) groups is 1. The third-order valence-electron chi connectivity index (χ3n) is 4.37. The molecular formula is C21H20BrN5O4S. The highest BCUT2D eigenvalue weighted by Crippen LogP contribution is 2.18. The van der Waals surface area contributed by atoms with Crippen molar-refractivity contribution in [3.8, 4) is 0 Å². The Kier molecular flexibility index (Phi) is 8.01. The SMILES string of the molecule is COC(=O)c1ccc(NC(=O)CSc2nnc(CNC(=O)c3ccccc3Br)n2C)cc1. The van der Waals surface area contributed by atoms with E-state index in [-0.39, 0.29) is 24.1 Å². The lowest BCUT2D eigenvalue weighted by molar-refractivity contribution is -0.113. The van der Waals surface area contributed by atoms with Gasteiger partial charge < -0.3 is 19.9 Å². The first-order valence-electron chi connectivity index (χ1n) is 9.41. The molecule has 0 aliphatic carbocycles. The molecule has 2 amide bonds. The predicted octanol–water partition coefficient (Wildman–Crippen LogP) is 3.03. The van der Waals surface area contributed by atoms with E-state index in [1.165, 1.54) is 18.9 Å². The Labute approximate surface area is 197 Å². The summed E-state index contributed by atoms with van der Waals surface area (Å²) in [4.78, 5) is 36.0. The van der Waals surface area contributed by atoms with E-state index in [1.807, 2.05) is 6.07 Å². The molecule has 0 fully saturated rings. The Morgan fingerprint density at radius 1 is 1.09 bits per heavy atom. The van der Waals surface area contributed by atoms with Gasteiger partial charge in [0.15, 0.2) is 11.0 Å². The van der Waals surface area contributed by atoms with Crippen LogP contribution in [0.15, 0.2) is 58.2 Å². The van der Waals surface area contributed by atoms with Gasteiger partial charge in [0.25, 0.3) is 5.91 Å². The number of carbonyl (C=O) groups excluding carboxylic acids is 3. The summed E-state index contributed by atoms with van der Waals surface area (Å²) >= 11 is 4.58. The quantitative estimate of drug-likeness (QED) is 0.348. The van der Waals surface area contributed by atoms with Crippen LogP contribution in [-0.2, 0) is 23.1 Å². The second kappa shape index (κ2) is 10.9. The molecule has 1 aromatic heterocycles. The van der Waals surface area contributed by atoms with Crippen molar-refractivity contribution in [2.75, 3.05) is 18.2 Å². The van der Waals surface area contributed by atoms with E-state index in [0.717, 1.165) is 0 Å². The fraction of sp³-hybridized carbons (Fsp3) is 0.190. The van der Waals surface area contributed by atoms with Crippen molar-refractivity contribution < 1.29 is 19.1 Å². The maximum Gasteiger partial charge on any atom is 0.337 e. The summed E-state index contributed by atoms with van der Waals surface area (Å²) in [6, 6.07) is 13.5. The molecule has 0 spiro atoms. The van der Waals surface area contributed by atoms with Gasteiger partial charge in [-0.2, -0.15) is 0 Å². The monoisotopic (exact) mass is 517 g/mol. The Balaban J connectivity index is 1.51. The number of anilines is 1. The Morgan fingerprint density at radius 2 is 1.81 bits per heavy atom. The number of benzene rings is 2. The zero-order chi connectivity index (χ0) is 23.1. The standard InChI is InChI=1S/C21H20BrN5O4S/c1-27-17(11-23-19(29)15-5-3-4-6-16(15)22)25-26-21(27)32-12-18(28)24-14-9-7-13(8-10-14)20(30)31-2/h3-10H,11-12H2,1-2H3,(H,23,29)(H,24,28). The molecule has 2 N–H and O–H groups in total. The average Bonchev–Trinajstić information content (AvgIpc) is 3.15. The molecule has 3 rings (SSSR count). The summed E-state index contributed by atoms with van der Waals surface area (Å²) in [7, 11) is 3.08. The lowest BCUT2D eigenvalue weighted by Gasteiger charge is -2.08. The molecule has 11 heteroatoms. The van der Waals surface area contributed by atoms with Gasteiger partial charge in [-0.1, -0.05) is 23.9 Å². The lowest BCUT2D eigenvalue weighted by Crippen LogP contribution is -2.24. The average molecular weight is 518 g/mol. The van der Waals surface area contributed by atoms with Crippen LogP contribution in [0.2, 0.25) is 0 Å². The second-order valence-electron chi connectivity index (χ2n) is 6.53. The van der Waals surface area contributed by atoms with E-state index in [0.29, 0.717) is 32.3 Å². The number of methoxy groups -OCH3 is 1. The summed E-state index contributed by atoms with van der Waals surface area (Å²) in [5, 5.41) is 14.3. The Morgan fingerprint density at radius 3 is 2.50 bits per heavy atom. The molecule has 0 bridgehead atoms. The van der Waals surface area contributed by atoms with Crippen molar-refractivity contribution in [3.63, 3.8) is 0 Å². The predicted molar refractivity (Wildman–Crippen MR) is 123 cm³/mol. The van der Waals surface area contributed by atoms with Gasteiger partial charge in [-0.15, -0.1) is 10.2 Å². The molecular weight excluding hydrogens is 498 g/mol. The van der Waals surface area contributed by atoms with Crippen LogP contribution in [0, 0.1) is 0 Å². The number of halogens is 1. The minimum absolute atomic E-state index is 0.119. The van der Waals surface area contributed by atoms with Crippen molar-refractivity contribution in [3.05, 3.63) is 70.0 Å². The van der Waals surface area contributed by atoms with Gasteiger partial charge in [-0.05, 0) is 52.3 Å². The van der Waals surface area contributed by atoms with Crippen LogP contribution in [0.1, 0.15) is 26.5 Å². The molecule has 32 heavy (non-hydrogen) atoms. The van der Waals surface area contributed by atoms with E-state index in [1.54, 1.807) is 54.1 Å². The van der Waals surface area contributed by atoms with E-state index in [9.17, 15) is 14.4 Å². The highest BCUT2D eigenvalue weighted by molar-refractivity contribution is 9.10. The normalized spacial score (nSPS) is 10.5. The van der Waals surface area contributed by atoms with E-state index < -0.39 is 5.97 Å². The number of amides is 2. The van der Waals surface area contributed by atoms with Crippen LogP contribution < -0.4 is 10.6 Å². The van der Waals surface area contributed by atoms with Crippen LogP contribution in [0.5, 0.6) is 0 Å². The molecule has 0 aliphatic rings. The largest absolute Gasteiger partial charge is 0.465 e. The molecule has 3 aromatic rings. The third kappa shape index (κ3) is 5.95. The van der Waals surface area contributed by atoms with Crippen LogP contribution in [-0.4, -0.2) is 45.4 Å². The van der Waals surface area contributed by atoms with Crippen LogP contribution in [0.3, 0.4) is 0 Å². The summed E-state index contributed by atoms with van der Waals surface area (Å²) < 4.78 is 7.08. The molecule has 0 saturated carbocycles. The molecule has 0 aliphatic heterocycles. The lowest BCUT2D eigenvalue weighted by atomic mass is 10.2. The van der Waals surface area contributed by atoms with Crippen LogP contribution in [0.4, 0.5) is 5.69 Å². The highest BCUT2D eigenvalue weighted by Gasteiger charge is 2.14. The van der Waals surface area contributed by atoms with Gasteiger partial charge in [-0.25, -0.2) is 4.79 Å². The number of carbonyl (C=O) groups is 3. The Hall–Kier alpha value is -3.18. The molecule has 0 saturated heterocycles. The van der Waals surface area contributed by atoms with Gasteiger partial charge in [-0.3, -0.25) is 9.59 Å². The summed E-state index contributed by atoms with van der Waals surface area (Å²) in [5.74, 6) is -0.218. The van der Waals surface area contributed by atoms with Gasteiger partial charge in [0.1, 0.15) is 0 Å². The molecule has 166 valence electrons. The first-order chi connectivity index (χ1) is 15.4. The van der Waals surface area contributed by atoms with Crippen molar-refractivity contribution >= 4 is 51.2 Å². The maximum atomic E-state index is 12.3. The van der Waals surface area contributed by atoms with Crippen LogP contribution in [0.25, 0.3) is 0 Å². The number of rotatable bonds is 8. The van der Waals surface area contributed by atoms with Gasteiger partial charge in [0.05, 0.1) is 30.5 Å². The maximum absolute atomic E-state index is 12.3. The molecule has 2 aromatic carbocycles. The number of aromatic nitrogens is 3.